The van der Waals surface area contributed by atoms with Gasteiger partial charge in [0.15, 0.2) is 17.5 Å². The number of aromatic nitrogens is 4. The first-order valence-electron chi connectivity index (χ1n) is 19.8. The number of rotatable bonds is 6. The Morgan fingerprint density at radius 1 is 0.579 bits per heavy atom. The van der Waals surface area contributed by atoms with E-state index in [-0.39, 0.29) is 11.2 Å². The van der Waals surface area contributed by atoms with Crippen LogP contribution in [0.15, 0.2) is 179 Å². The highest BCUT2D eigenvalue weighted by atomic mass is 32.2. The zero-order valence-corrected chi connectivity index (χ0v) is 32.0. The molecule has 0 saturated carbocycles. The Balaban J connectivity index is 1.10. The lowest BCUT2D eigenvalue weighted by Crippen LogP contribution is -2.23. The Kier molecular flexibility index (Phi) is 8.43. The highest BCUT2D eigenvalue weighted by Gasteiger charge is 2.40. The second-order valence-corrected chi connectivity index (χ2v) is 16.1. The zero-order valence-electron chi connectivity index (χ0n) is 31.2. The summed E-state index contributed by atoms with van der Waals surface area (Å²) in [5, 5.41) is 1.26. The molecule has 4 heterocycles. The molecule has 57 heavy (non-hydrogen) atoms. The second-order valence-electron chi connectivity index (χ2n) is 15.0. The minimum atomic E-state index is 0.104. The van der Waals surface area contributed by atoms with E-state index in [0.717, 1.165) is 70.4 Å². The number of aliphatic imine (C=N–C) groups is 1. The average molecular weight is 752 g/mol. The largest absolute Gasteiger partial charge is 0.251 e. The predicted octanol–water partition coefficient (Wildman–Crippen LogP) is 12.5. The zero-order chi connectivity index (χ0) is 37.7. The summed E-state index contributed by atoms with van der Waals surface area (Å²) in [4.78, 5) is 27.6. The molecule has 2 aromatic heterocycles. The summed E-state index contributed by atoms with van der Waals surface area (Å²) in [5.41, 5.74) is 14.5. The van der Waals surface area contributed by atoms with Gasteiger partial charge in [-0.1, -0.05) is 152 Å². The van der Waals surface area contributed by atoms with E-state index < -0.39 is 0 Å². The number of aryl methyl sites for hydroxylation is 1. The normalized spacial score (nSPS) is 18.2. The molecule has 0 amide bonds. The van der Waals surface area contributed by atoms with Gasteiger partial charge >= 0.3 is 0 Å². The Bertz CT molecular complexity index is 2820. The van der Waals surface area contributed by atoms with Crippen molar-refractivity contribution in [3.8, 4) is 33.9 Å². The van der Waals surface area contributed by atoms with E-state index in [4.69, 9.17) is 24.9 Å². The Morgan fingerprint density at radius 3 is 2.00 bits per heavy atom. The summed E-state index contributed by atoms with van der Waals surface area (Å²) in [6.45, 7) is 0. The SMILES string of the molecule is C1=CC(c2ccc3ccc4c(c3n2)N=C(C2=CC(c3nc(-c5ccccc5)nc(-c5ccccc5)n3)=CC3c5cccc(-c6ccccc6)c5SC23)CC4)=CCC1. The number of hydrogen-bond acceptors (Lipinski definition) is 6. The van der Waals surface area contributed by atoms with Crippen molar-refractivity contribution in [3.63, 3.8) is 0 Å². The van der Waals surface area contributed by atoms with Gasteiger partial charge in [0.05, 0.1) is 16.9 Å². The first-order valence-corrected chi connectivity index (χ1v) is 20.6. The molecule has 2 atom stereocenters. The lowest BCUT2D eigenvalue weighted by atomic mass is 9.81. The van der Waals surface area contributed by atoms with Gasteiger partial charge in [-0.15, -0.1) is 11.8 Å². The summed E-state index contributed by atoms with van der Waals surface area (Å²) >= 11 is 1.97. The van der Waals surface area contributed by atoms with Crippen LogP contribution in [0.4, 0.5) is 5.69 Å². The molecule has 0 bridgehead atoms. The first-order chi connectivity index (χ1) is 28.2. The van der Waals surface area contributed by atoms with Crippen LogP contribution in [0.3, 0.4) is 0 Å². The molecule has 2 aliphatic heterocycles. The molecule has 2 unspecified atom stereocenters. The smallest absolute Gasteiger partial charge is 0.164 e. The molecule has 272 valence electrons. The molecule has 2 aliphatic carbocycles. The number of allylic oxidation sites excluding steroid dienone is 7. The molecule has 6 heteroatoms. The van der Waals surface area contributed by atoms with E-state index in [9.17, 15) is 0 Å². The van der Waals surface area contributed by atoms with Crippen molar-refractivity contribution < 1.29 is 0 Å². The van der Waals surface area contributed by atoms with Gasteiger partial charge in [-0.05, 0) is 71.2 Å². The van der Waals surface area contributed by atoms with E-state index >= 15 is 0 Å². The number of thioether (sulfide) groups is 1. The summed E-state index contributed by atoms with van der Waals surface area (Å²) < 4.78 is 0. The Hall–Kier alpha value is -6.50. The maximum absolute atomic E-state index is 5.60. The third kappa shape index (κ3) is 6.17. The molecule has 0 spiro atoms. The third-order valence-corrected chi connectivity index (χ3v) is 12.9. The van der Waals surface area contributed by atoms with Crippen LogP contribution < -0.4 is 0 Å². The van der Waals surface area contributed by atoms with Crippen LogP contribution >= 0.6 is 11.8 Å². The molecule has 0 saturated heterocycles. The van der Waals surface area contributed by atoms with Crippen molar-refractivity contribution in [2.45, 2.75) is 41.7 Å². The Labute approximate surface area is 336 Å². The van der Waals surface area contributed by atoms with Gasteiger partial charge in [0.2, 0.25) is 0 Å². The number of hydrogen-bond donors (Lipinski definition) is 0. The number of benzene rings is 5. The summed E-state index contributed by atoms with van der Waals surface area (Å²) in [7, 11) is 0. The van der Waals surface area contributed by atoms with Gasteiger partial charge in [0, 0.05) is 43.9 Å². The number of nitrogens with zero attached hydrogens (tertiary/aromatic N) is 5. The fourth-order valence-corrected chi connectivity index (χ4v) is 10.2. The highest BCUT2D eigenvalue weighted by molar-refractivity contribution is 8.00. The number of pyridine rings is 1. The van der Waals surface area contributed by atoms with Crippen LogP contribution in [0, 0.1) is 0 Å². The molecular formula is C51H37N5S. The van der Waals surface area contributed by atoms with Crippen LogP contribution in [0.2, 0.25) is 0 Å². The van der Waals surface area contributed by atoms with Crippen molar-refractivity contribution >= 4 is 45.2 Å². The van der Waals surface area contributed by atoms with Crippen molar-refractivity contribution in [1.82, 2.24) is 19.9 Å². The lowest BCUT2D eigenvalue weighted by Gasteiger charge is -2.28. The van der Waals surface area contributed by atoms with Crippen molar-refractivity contribution in [3.05, 3.63) is 192 Å². The summed E-state index contributed by atoms with van der Waals surface area (Å²) in [6.07, 6.45) is 15.3. The summed E-state index contributed by atoms with van der Waals surface area (Å²) in [6, 6.07) is 46.8. The molecule has 7 aromatic rings. The number of fused-ring (bicyclic) bond motifs is 6. The third-order valence-electron chi connectivity index (χ3n) is 11.4. The van der Waals surface area contributed by atoms with Gasteiger partial charge in [0.25, 0.3) is 0 Å². The minimum Gasteiger partial charge on any atom is -0.251 e. The molecule has 11 rings (SSSR count). The molecule has 5 aromatic carbocycles. The van der Waals surface area contributed by atoms with Crippen LogP contribution in [0.5, 0.6) is 0 Å². The van der Waals surface area contributed by atoms with E-state index in [2.05, 4.69) is 127 Å². The molecule has 0 N–H and O–H groups in total. The van der Waals surface area contributed by atoms with Gasteiger partial charge in [-0.3, -0.25) is 4.99 Å². The quantitative estimate of drug-likeness (QED) is 0.169. The second kappa shape index (κ2) is 14.2. The van der Waals surface area contributed by atoms with Gasteiger partial charge in [-0.2, -0.15) is 0 Å². The van der Waals surface area contributed by atoms with E-state index in [0.29, 0.717) is 17.5 Å². The fraction of sp³-hybridized carbons (Fsp3) is 0.118. The van der Waals surface area contributed by atoms with Crippen molar-refractivity contribution in [2.24, 2.45) is 4.99 Å². The monoisotopic (exact) mass is 751 g/mol. The maximum atomic E-state index is 5.60. The molecule has 0 fully saturated rings. The predicted molar refractivity (Wildman–Crippen MR) is 235 cm³/mol. The summed E-state index contributed by atoms with van der Waals surface area (Å²) in [5.74, 6) is 2.08. The van der Waals surface area contributed by atoms with E-state index in [1.165, 1.54) is 38.3 Å². The van der Waals surface area contributed by atoms with Gasteiger partial charge < -0.3 is 0 Å². The van der Waals surface area contributed by atoms with Crippen LogP contribution in [-0.4, -0.2) is 30.9 Å². The van der Waals surface area contributed by atoms with Crippen LogP contribution in [-0.2, 0) is 6.42 Å². The maximum Gasteiger partial charge on any atom is 0.164 e. The van der Waals surface area contributed by atoms with Crippen molar-refractivity contribution in [2.75, 3.05) is 0 Å². The lowest BCUT2D eigenvalue weighted by molar-refractivity contribution is 0.855. The van der Waals surface area contributed by atoms with Gasteiger partial charge in [-0.25, -0.2) is 19.9 Å². The van der Waals surface area contributed by atoms with Gasteiger partial charge in [0.1, 0.15) is 0 Å². The topological polar surface area (TPSA) is 63.9 Å². The minimum absolute atomic E-state index is 0.104. The molecule has 4 aliphatic rings. The fourth-order valence-electron chi connectivity index (χ4n) is 8.57. The van der Waals surface area contributed by atoms with Crippen LogP contribution in [0.25, 0.3) is 56.0 Å². The highest BCUT2D eigenvalue weighted by Crippen LogP contribution is 2.56. The first kappa shape index (κ1) is 33.8. The molecular weight excluding hydrogens is 715 g/mol. The average Bonchev–Trinajstić information content (AvgIpc) is 3.68. The molecule has 0 radical (unpaired) electrons. The molecule has 5 nitrogen and oxygen atoms in total. The van der Waals surface area contributed by atoms with Crippen LogP contribution in [0.1, 0.15) is 47.8 Å². The Morgan fingerprint density at radius 2 is 1.28 bits per heavy atom. The van der Waals surface area contributed by atoms with E-state index in [1.807, 2.05) is 48.2 Å². The van der Waals surface area contributed by atoms with Crippen molar-refractivity contribution in [1.29, 1.82) is 0 Å². The van der Waals surface area contributed by atoms with E-state index in [1.54, 1.807) is 0 Å². The standard InChI is InChI=1S/C51H37N5S/c1-5-14-32(15-6-1)39-22-13-23-40-41-30-38(51-55-49(36-18-9-3-10-19-36)54-50(56-51)37-20-11-4-12-21-37)31-42(48(41)57-47(39)40)44-29-27-35-25-24-34-26-28-43(33-16-7-2-8-17-33)52-45(34)46(35)53-44/h1,3-7,9-26,28,30-31,41,48H,2,8,27,29H2.